The summed E-state index contributed by atoms with van der Waals surface area (Å²) in [4.78, 5) is 16.3. The van der Waals surface area contributed by atoms with E-state index in [-0.39, 0.29) is 11.9 Å². The molecular weight excluding hydrogens is 264 g/mol. The maximum absolute atomic E-state index is 12.1. The number of nitrogens with one attached hydrogen (secondary N) is 1. The van der Waals surface area contributed by atoms with Crippen LogP contribution >= 0.6 is 0 Å². The van der Waals surface area contributed by atoms with E-state index in [0.717, 1.165) is 16.8 Å². The molecule has 0 aliphatic heterocycles. The molecular formula is C17H18N2O2. The molecule has 0 saturated heterocycles. The van der Waals surface area contributed by atoms with E-state index in [1.165, 1.54) is 0 Å². The van der Waals surface area contributed by atoms with Gasteiger partial charge in [-0.15, -0.1) is 0 Å². The van der Waals surface area contributed by atoms with Crippen LogP contribution in [0.5, 0.6) is 0 Å². The Kier molecular flexibility index (Phi) is 3.97. The van der Waals surface area contributed by atoms with Crippen molar-refractivity contribution >= 4 is 5.91 Å². The third-order valence-electron chi connectivity index (χ3n) is 3.85. The van der Waals surface area contributed by atoms with Crippen molar-refractivity contribution in [2.24, 2.45) is 0 Å². The van der Waals surface area contributed by atoms with Crippen molar-refractivity contribution < 1.29 is 9.90 Å². The number of hydrogen-bond donors (Lipinski definition) is 2. The molecule has 3 rings (SSSR count). The van der Waals surface area contributed by atoms with Gasteiger partial charge in [0.05, 0.1) is 12.1 Å². The monoisotopic (exact) mass is 282 g/mol. The topological polar surface area (TPSA) is 62.2 Å². The number of fused-ring (bicyclic) bond motifs is 1. The number of pyridine rings is 1. The summed E-state index contributed by atoms with van der Waals surface area (Å²) in [6.07, 6.45) is 2.77. The molecule has 1 aliphatic carbocycles. The second kappa shape index (κ2) is 6.06. The van der Waals surface area contributed by atoms with Crippen LogP contribution < -0.4 is 5.32 Å². The van der Waals surface area contributed by atoms with Crippen molar-refractivity contribution in [3.05, 3.63) is 65.5 Å². The highest BCUT2D eigenvalue weighted by Gasteiger charge is 2.31. The predicted octanol–water partition coefficient (Wildman–Crippen LogP) is 1.79. The van der Waals surface area contributed by atoms with Crippen molar-refractivity contribution in [2.75, 3.05) is 0 Å². The number of rotatable bonds is 4. The predicted molar refractivity (Wildman–Crippen MR) is 79.6 cm³/mol. The van der Waals surface area contributed by atoms with Gasteiger partial charge >= 0.3 is 0 Å². The maximum Gasteiger partial charge on any atom is 0.220 e. The molecule has 0 fully saturated rings. The summed E-state index contributed by atoms with van der Waals surface area (Å²) in [5, 5.41) is 13.1. The third kappa shape index (κ3) is 3.11. The first-order chi connectivity index (χ1) is 10.2. The largest absolute Gasteiger partial charge is 0.390 e. The van der Waals surface area contributed by atoms with Gasteiger partial charge in [-0.1, -0.05) is 30.3 Å². The Morgan fingerprint density at radius 3 is 2.86 bits per heavy atom. The van der Waals surface area contributed by atoms with Gasteiger partial charge in [0.2, 0.25) is 5.91 Å². The molecule has 4 heteroatoms. The Bertz CT molecular complexity index is 628. The molecule has 2 aromatic rings. The van der Waals surface area contributed by atoms with E-state index in [2.05, 4.69) is 10.3 Å². The summed E-state index contributed by atoms with van der Waals surface area (Å²) in [5.74, 6) is -0.0543. The van der Waals surface area contributed by atoms with E-state index in [1.54, 1.807) is 6.20 Å². The lowest BCUT2D eigenvalue weighted by atomic mass is 10.1. The van der Waals surface area contributed by atoms with Crippen LogP contribution in [-0.4, -0.2) is 22.1 Å². The van der Waals surface area contributed by atoms with Gasteiger partial charge in [0, 0.05) is 24.7 Å². The minimum absolute atomic E-state index is 0.0543. The molecule has 4 nitrogen and oxygen atoms in total. The summed E-state index contributed by atoms with van der Waals surface area (Å²) in [7, 11) is 0. The summed E-state index contributed by atoms with van der Waals surface area (Å²) >= 11 is 0. The van der Waals surface area contributed by atoms with Crippen molar-refractivity contribution in [1.82, 2.24) is 10.3 Å². The number of nitrogens with zero attached hydrogens (tertiary/aromatic N) is 1. The van der Waals surface area contributed by atoms with E-state index in [9.17, 15) is 9.90 Å². The number of hydrogen-bond acceptors (Lipinski definition) is 3. The van der Waals surface area contributed by atoms with Gasteiger partial charge in [-0.3, -0.25) is 9.78 Å². The van der Waals surface area contributed by atoms with Crippen LogP contribution in [0.2, 0.25) is 0 Å². The fraction of sp³-hybridized carbons (Fsp3) is 0.294. The SMILES string of the molecule is O=C(CCc1ccccn1)N[C@@H]1c2ccccc2C[C@H]1O. The van der Waals surface area contributed by atoms with Gasteiger partial charge in [-0.25, -0.2) is 0 Å². The molecule has 1 heterocycles. The van der Waals surface area contributed by atoms with Crippen LogP contribution in [-0.2, 0) is 17.6 Å². The molecule has 0 unspecified atom stereocenters. The van der Waals surface area contributed by atoms with Gasteiger partial charge in [0.25, 0.3) is 0 Å². The van der Waals surface area contributed by atoms with Crippen LogP contribution in [0.15, 0.2) is 48.7 Å². The quantitative estimate of drug-likeness (QED) is 0.898. The van der Waals surface area contributed by atoms with E-state index in [1.807, 2.05) is 42.5 Å². The standard InChI is InChI=1S/C17H18N2O2/c20-15-11-12-5-1-2-7-14(12)17(15)19-16(21)9-8-13-6-3-4-10-18-13/h1-7,10,15,17,20H,8-9,11H2,(H,19,21)/t15-,17-/m1/s1. The van der Waals surface area contributed by atoms with Crippen molar-refractivity contribution in [3.8, 4) is 0 Å². The zero-order valence-electron chi connectivity index (χ0n) is 11.7. The molecule has 0 spiro atoms. The van der Waals surface area contributed by atoms with Gasteiger partial charge in [-0.2, -0.15) is 0 Å². The number of benzene rings is 1. The Labute approximate surface area is 123 Å². The molecule has 1 aromatic heterocycles. The van der Waals surface area contributed by atoms with Crippen LogP contribution in [0.4, 0.5) is 0 Å². The molecule has 0 bridgehead atoms. The smallest absolute Gasteiger partial charge is 0.220 e. The molecule has 2 atom stereocenters. The lowest BCUT2D eigenvalue weighted by molar-refractivity contribution is -0.122. The second-order valence-electron chi connectivity index (χ2n) is 5.34. The highest BCUT2D eigenvalue weighted by atomic mass is 16.3. The second-order valence-corrected chi connectivity index (χ2v) is 5.34. The molecule has 0 radical (unpaired) electrons. The Morgan fingerprint density at radius 2 is 2.05 bits per heavy atom. The minimum Gasteiger partial charge on any atom is -0.390 e. The van der Waals surface area contributed by atoms with Crippen molar-refractivity contribution in [3.63, 3.8) is 0 Å². The summed E-state index contributed by atoms with van der Waals surface area (Å²) in [6.45, 7) is 0. The average Bonchev–Trinajstić information content (AvgIpc) is 2.82. The van der Waals surface area contributed by atoms with Gasteiger partial charge in [0.1, 0.15) is 0 Å². The maximum atomic E-state index is 12.1. The van der Waals surface area contributed by atoms with Gasteiger partial charge in [0.15, 0.2) is 0 Å². The zero-order valence-corrected chi connectivity index (χ0v) is 11.7. The zero-order chi connectivity index (χ0) is 14.7. The summed E-state index contributed by atoms with van der Waals surface area (Å²) in [5.41, 5.74) is 3.04. The normalized spacial score (nSPS) is 20.0. The molecule has 1 aliphatic rings. The van der Waals surface area contributed by atoms with Gasteiger partial charge < -0.3 is 10.4 Å². The molecule has 21 heavy (non-hydrogen) atoms. The molecule has 108 valence electrons. The number of aromatic nitrogens is 1. The first-order valence-electron chi connectivity index (χ1n) is 7.19. The highest BCUT2D eigenvalue weighted by Crippen LogP contribution is 2.31. The number of carbonyl (C=O) groups excluding carboxylic acids is 1. The Morgan fingerprint density at radius 1 is 1.24 bits per heavy atom. The van der Waals surface area contributed by atoms with E-state index < -0.39 is 6.10 Å². The number of amides is 1. The van der Waals surface area contributed by atoms with Crippen LogP contribution in [0, 0.1) is 0 Å². The number of aliphatic hydroxyl groups is 1. The van der Waals surface area contributed by atoms with Gasteiger partial charge in [-0.05, 0) is 29.7 Å². The number of carbonyl (C=O) groups is 1. The average molecular weight is 282 g/mol. The Balaban J connectivity index is 1.60. The Hall–Kier alpha value is -2.20. The fourth-order valence-corrected chi connectivity index (χ4v) is 2.78. The molecule has 1 amide bonds. The number of aryl methyl sites for hydroxylation is 1. The summed E-state index contributed by atoms with van der Waals surface area (Å²) in [6, 6.07) is 13.2. The van der Waals surface area contributed by atoms with E-state index in [4.69, 9.17) is 0 Å². The van der Waals surface area contributed by atoms with Crippen molar-refractivity contribution in [1.29, 1.82) is 0 Å². The van der Waals surface area contributed by atoms with Crippen LogP contribution in [0.25, 0.3) is 0 Å². The molecule has 2 N–H and O–H groups in total. The first kappa shape index (κ1) is 13.8. The third-order valence-corrected chi connectivity index (χ3v) is 3.85. The van der Waals surface area contributed by atoms with E-state index >= 15 is 0 Å². The fourth-order valence-electron chi connectivity index (χ4n) is 2.78. The minimum atomic E-state index is -0.541. The van der Waals surface area contributed by atoms with E-state index in [0.29, 0.717) is 19.3 Å². The lowest BCUT2D eigenvalue weighted by Crippen LogP contribution is -2.34. The summed E-state index contributed by atoms with van der Waals surface area (Å²) < 4.78 is 0. The van der Waals surface area contributed by atoms with Crippen LogP contribution in [0.3, 0.4) is 0 Å². The molecule has 1 aromatic carbocycles. The molecule has 0 saturated carbocycles. The van der Waals surface area contributed by atoms with Crippen LogP contribution in [0.1, 0.15) is 29.3 Å². The lowest BCUT2D eigenvalue weighted by Gasteiger charge is -2.17. The number of aliphatic hydroxyl groups excluding tert-OH is 1. The first-order valence-corrected chi connectivity index (χ1v) is 7.19. The van der Waals surface area contributed by atoms with Crippen molar-refractivity contribution in [2.45, 2.75) is 31.4 Å². The highest BCUT2D eigenvalue weighted by molar-refractivity contribution is 5.77.